The molecule has 0 aliphatic carbocycles. The van der Waals surface area contributed by atoms with E-state index in [1.54, 1.807) is 0 Å². The van der Waals surface area contributed by atoms with Crippen molar-refractivity contribution < 1.29 is 27.8 Å². The van der Waals surface area contributed by atoms with E-state index in [4.69, 9.17) is 14.6 Å². The Hall–Kier alpha value is -1.68. The van der Waals surface area contributed by atoms with Gasteiger partial charge in [0.2, 0.25) is 10.0 Å². The molecule has 1 aliphatic rings. The Bertz CT molecular complexity index is 698. The Morgan fingerprint density at radius 1 is 1.39 bits per heavy atom. The number of carbonyl (C=O) groups is 1. The molecule has 1 heterocycles. The van der Waals surface area contributed by atoms with Gasteiger partial charge < -0.3 is 19.5 Å². The predicted molar refractivity (Wildman–Crippen MR) is 105 cm³/mol. The second-order valence-electron chi connectivity index (χ2n) is 6.90. The number of morpholine rings is 1. The molecule has 2 rings (SSSR count). The van der Waals surface area contributed by atoms with Crippen molar-refractivity contribution in [2.75, 3.05) is 38.6 Å². The van der Waals surface area contributed by atoms with Crippen LogP contribution in [0.4, 0.5) is 4.79 Å². The number of ether oxygens (including phenoxy) is 2. The molecule has 1 saturated heterocycles. The molecule has 28 heavy (non-hydrogen) atoms. The van der Waals surface area contributed by atoms with Gasteiger partial charge in [-0.25, -0.2) is 17.9 Å². The fraction of sp³-hybridized carbons (Fsp3) is 0.632. The molecule has 2 N–H and O–H groups in total. The minimum Gasteiger partial charge on any atom is -0.445 e. The third-order valence-electron chi connectivity index (χ3n) is 4.71. The summed E-state index contributed by atoms with van der Waals surface area (Å²) >= 11 is 0. The molecule has 8 nitrogen and oxygen atoms in total. The molecular weight excluding hydrogens is 384 g/mol. The minimum atomic E-state index is -3.54. The van der Waals surface area contributed by atoms with Crippen molar-refractivity contribution in [3.8, 4) is 0 Å². The monoisotopic (exact) mass is 414 g/mol. The number of aliphatic hydroxyl groups is 1. The summed E-state index contributed by atoms with van der Waals surface area (Å²) in [5.41, 5.74) is 0.890. The Morgan fingerprint density at radius 3 is 2.82 bits per heavy atom. The number of sulfonamides is 1. The van der Waals surface area contributed by atoms with Crippen molar-refractivity contribution in [3.05, 3.63) is 35.9 Å². The fourth-order valence-corrected chi connectivity index (χ4v) is 4.28. The maximum atomic E-state index is 12.3. The largest absolute Gasteiger partial charge is 0.445 e. The molecular formula is C19H30N2O6S. The van der Waals surface area contributed by atoms with Gasteiger partial charge in [0.05, 0.1) is 25.0 Å². The van der Waals surface area contributed by atoms with Crippen molar-refractivity contribution in [1.29, 1.82) is 0 Å². The second kappa shape index (κ2) is 11.4. The first-order valence-corrected chi connectivity index (χ1v) is 11.2. The number of aliphatic hydroxyl groups excluding tert-OH is 1. The van der Waals surface area contributed by atoms with Crippen LogP contribution >= 0.6 is 0 Å². The normalized spacial score (nSPS) is 18.6. The number of nitrogens with zero attached hydrogens (tertiary/aromatic N) is 1. The standard InChI is InChI=1S/C19H30N2O6S/c1-2-16(8-10-22)12-20-28(24,25)15-18-13-21(9-11-26-18)19(23)27-14-17-6-4-3-5-7-17/h3-7,16,18,20,22H,2,8-15H2,1H3/t16-,18-/m1/s1. The average Bonchev–Trinajstić information content (AvgIpc) is 2.70. The van der Waals surface area contributed by atoms with Crippen molar-refractivity contribution in [3.63, 3.8) is 0 Å². The van der Waals surface area contributed by atoms with Crippen LogP contribution in [-0.4, -0.2) is 69.2 Å². The van der Waals surface area contributed by atoms with Gasteiger partial charge in [-0.05, 0) is 17.9 Å². The summed E-state index contributed by atoms with van der Waals surface area (Å²) in [5, 5.41) is 9.01. The van der Waals surface area contributed by atoms with E-state index in [0.29, 0.717) is 13.0 Å². The van der Waals surface area contributed by atoms with E-state index in [2.05, 4.69) is 4.72 Å². The molecule has 1 aromatic carbocycles. The van der Waals surface area contributed by atoms with E-state index < -0.39 is 22.2 Å². The lowest BCUT2D eigenvalue weighted by Gasteiger charge is -2.32. The number of rotatable bonds is 10. The van der Waals surface area contributed by atoms with E-state index in [1.165, 1.54) is 4.90 Å². The molecule has 0 bridgehead atoms. The maximum Gasteiger partial charge on any atom is 0.410 e. The van der Waals surface area contributed by atoms with Crippen LogP contribution in [0.2, 0.25) is 0 Å². The highest BCUT2D eigenvalue weighted by Gasteiger charge is 2.29. The summed E-state index contributed by atoms with van der Waals surface area (Å²) in [7, 11) is -3.54. The van der Waals surface area contributed by atoms with Crippen LogP contribution in [0.1, 0.15) is 25.3 Å². The van der Waals surface area contributed by atoms with Crippen molar-refractivity contribution in [2.24, 2.45) is 5.92 Å². The fourth-order valence-electron chi connectivity index (χ4n) is 2.98. The third kappa shape index (κ3) is 7.75. The smallest absolute Gasteiger partial charge is 0.410 e. The van der Waals surface area contributed by atoms with Gasteiger partial charge >= 0.3 is 6.09 Å². The number of amides is 1. The summed E-state index contributed by atoms with van der Waals surface area (Å²) in [4.78, 5) is 13.7. The Kier molecular flexibility index (Phi) is 9.17. The van der Waals surface area contributed by atoms with Crippen molar-refractivity contribution in [1.82, 2.24) is 9.62 Å². The molecule has 0 aromatic heterocycles. The molecule has 1 amide bonds. The first-order valence-electron chi connectivity index (χ1n) is 9.59. The number of carbonyl (C=O) groups excluding carboxylic acids is 1. The molecule has 9 heteroatoms. The van der Waals surface area contributed by atoms with E-state index in [9.17, 15) is 13.2 Å². The SMILES string of the molecule is CC[C@H](CCO)CNS(=O)(=O)C[C@H]1CN(C(=O)OCc2ccccc2)CCO1. The quantitative estimate of drug-likeness (QED) is 0.599. The zero-order chi connectivity index (χ0) is 20.4. The molecule has 1 fully saturated rings. The highest BCUT2D eigenvalue weighted by Crippen LogP contribution is 2.11. The van der Waals surface area contributed by atoms with E-state index in [0.717, 1.165) is 12.0 Å². The van der Waals surface area contributed by atoms with Crippen LogP contribution in [0.25, 0.3) is 0 Å². The predicted octanol–water partition coefficient (Wildman–Crippen LogP) is 1.35. The van der Waals surface area contributed by atoms with Gasteiger partial charge in [0.15, 0.2) is 0 Å². The Morgan fingerprint density at radius 2 is 2.14 bits per heavy atom. The topological polar surface area (TPSA) is 105 Å². The average molecular weight is 415 g/mol. The van der Waals surface area contributed by atoms with Gasteiger partial charge in [-0.15, -0.1) is 0 Å². The summed E-state index contributed by atoms with van der Waals surface area (Å²) in [5.74, 6) is -0.123. The van der Waals surface area contributed by atoms with Crippen molar-refractivity contribution in [2.45, 2.75) is 32.5 Å². The highest BCUT2D eigenvalue weighted by molar-refractivity contribution is 7.89. The lowest BCUT2D eigenvalue weighted by atomic mass is 10.0. The van der Waals surface area contributed by atoms with Gasteiger partial charge in [-0.2, -0.15) is 0 Å². The lowest BCUT2D eigenvalue weighted by Crippen LogP contribution is -2.49. The van der Waals surface area contributed by atoms with Gasteiger partial charge in [0.1, 0.15) is 6.61 Å². The van der Waals surface area contributed by atoms with Crippen LogP contribution < -0.4 is 4.72 Å². The van der Waals surface area contributed by atoms with E-state index in [-0.39, 0.29) is 44.6 Å². The molecule has 2 atom stereocenters. The Balaban J connectivity index is 1.80. The zero-order valence-electron chi connectivity index (χ0n) is 16.2. The van der Waals surface area contributed by atoms with Gasteiger partial charge in [-0.1, -0.05) is 43.7 Å². The molecule has 158 valence electrons. The maximum absolute atomic E-state index is 12.3. The van der Waals surface area contributed by atoms with Crippen LogP contribution in [0.5, 0.6) is 0 Å². The first kappa shape index (κ1) is 22.6. The third-order valence-corrected chi connectivity index (χ3v) is 6.13. The van der Waals surface area contributed by atoms with Gasteiger partial charge in [0.25, 0.3) is 0 Å². The van der Waals surface area contributed by atoms with E-state index >= 15 is 0 Å². The van der Waals surface area contributed by atoms with Crippen LogP contribution in [0.3, 0.4) is 0 Å². The molecule has 1 aliphatic heterocycles. The number of benzene rings is 1. The van der Waals surface area contributed by atoms with Gasteiger partial charge in [0, 0.05) is 19.7 Å². The molecule has 0 saturated carbocycles. The molecule has 0 radical (unpaired) electrons. The van der Waals surface area contributed by atoms with Crippen molar-refractivity contribution >= 4 is 16.1 Å². The minimum absolute atomic E-state index is 0.0338. The molecule has 1 aromatic rings. The van der Waals surface area contributed by atoms with Crippen LogP contribution in [0.15, 0.2) is 30.3 Å². The summed E-state index contributed by atoms with van der Waals surface area (Å²) in [6, 6.07) is 9.37. The van der Waals surface area contributed by atoms with Crippen LogP contribution in [-0.2, 0) is 26.1 Å². The zero-order valence-corrected chi connectivity index (χ0v) is 17.1. The molecule has 0 unspecified atom stereocenters. The molecule has 0 spiro atoms. The van der Waals surface area contributed by atoms with Crippen LogP contribution in [0, 0.1) is 5.92 Å². The summed E-state index contributed by atoms with van der Waals surface area (Å²) in [6.45, 7) is 3.25. The highest BCUT2D eigenvalue weighted by atomic mass is 32.2. The Labute approximate surface area is 166 Å². The number of nitrogens with one attached hydrogen (secondary N) is 1. The first-order chi connectivity index (χ1) is 13.4. The summed E-state index contributed by atoms with van der Waals surface area (Å²) in [6.07, 6.45) is 0.259. The van der Waals surface area contributed by atoms with Gasteiger partial charge in [-0.3, -0.25) is 0 Å². The second-order valence-corrected chi connectivity index (χ2v) is 8.75. The number of hydrogen-bond acceptors (Lipinski definition) is 6. The summed E-state index contributed by atoms with van der Waals surface area (Å²) < 4.78 is 38.1. The lowest BCUT2D eigenvalue weighted by molar-refractivity contribution is -0.0179. The van der Waals surface area contributed by atoms with E-state index in [1.807, 2.05) is 37.3 Å². The number of hydrogen-bond donors (Lipinski definition) is 2.